The Labute approximate surface area is 92.5 Å². The third-order valence-corrected chi connectivity index (χ3v) is 2.84. The second-order valence-electron chi connectivity index (χ2n) is 4.10. The first-order valence-electron chi connectivity index (χ1n) is 5.80. The molecule has 0 fully saturated rings. The van der Waals surface area contributed by atoms with Crippen LogP contribution in [0, 0.1) is 5.92 Å². The van der Waals surface area contributed by atoms with Gasteiger partial charge in [-0.25, -0.2) is 0 Å². The summed E-state index contributed by atoms with van der Waals surface area (Å²) in [4.78, 5) is 11.4. The van der Waals surface area contributed by atoms with Gasteiger partial charge in [0, 0.05) is 12.3 Å². The fourth-order valence-electron chi connectivity index (χ4n) is 1.77. The highest BCUT2D eigenvalue weighted by atomic mass is 16.1. The number of carbonyl (C=O) groups is 1. The van der Waals surface area contributed by atoms with Gasteiger partial charge >= 0.3 is 0 Å². The van der Waals surface area contributed by atoms with E-state index in [2.05, 4.69) is 24.3 Å². The van der Waals surface area contributed by atoms with E-state index in [1.54, 1.807) is 0 Å². The molecule has 82 valence electrons. The molecule has 0 amide bonds. The van der Waals surface area contributed by atoms with Crippen molar-refractivity contribution >= 4 is 5.78 Å². The lowest BCUT2D eigenvalue weighted by atomic mass is 9.96. The molecule has 0 aliphatic carbocycles. The molecule has 0 radical (unpaired) electrons. The van der Waals surface area contributed by atoms with Gasteiger partial charge in [-0.15, -0.1) is 0 Å². The van der Waals surface area contributed by atoms with Gasteiger partial charge in [0.1, 0.15) is 5.78 Å². The molecule has 1 unspecified atom stereocenters. The van der Waals surface area contributed by atoms with E-state index in [0.29, 0.717) is 12.2 Å². The van der Waals surface area contributed by atoms with Gasteiger partial charge in [0.25, 0.3) is 0 Å². The summed E-state index contributed by atoms with van der Waals surface area (Å²) in [6.07, 6.45) is 3.88. The quantitative estimate of drug-likeness (QED) is 0.691. The maximum Gasteiger partial charge on any atom is 0.135 e. The number of hydrogen-bond donors (Lipinski definition) is 0. The molecule has 0 saturated carbocycles. The van der Waals surface area contributed by atoms with Crippen LogP contribution in [0.4, 0.5) is 0 Å². The van der Waals surface area contributed by atoms with E-state index in [-0.39, 0.29) is 5.92 Å². The lowest BCUT2D eigenvalue weighted by Crippen LogP contribution is -2.09. The highest BCUT2D eigenvalue weighted by Gasteiger charge is 2.09. The van der Waals surface area contributed by atoms with Crippen LogP contribution in [0.1, 0.15) is 38.7 Å². The Balaban J connectivity index is 2.25. The molecule has 0 N–H and O–H groups in total. The predicted octanol–water partition coefficient (Wildman–Crippen LogP) is 3.62. The fraction of sp³-hybridized carbons (Fsp3) is 0.500. The fourth-order valence-corrected chi connectivity index (χ4v) is 1.77. The van der Waals surface area contributed by atoms with Gasteiger partial charge in [-0.1, -0.05) is 44.2 Å². The van der Waals surface area contributed by atoms with Crippen LogP contribution in [0.15, 0.2) is 30.3 Å². The van der Waals surface area contributed by atoms with Gasteiger partial charge in [-0.05, 0) is 24.8 Å². The first-order chi connectivity index (χ1) is 7.24. The summed E-state index contributed by atoms with van der Waals surface area (Å²) in [5.74, 6) is 0.627. The first-order valence-corrected chi connectivity index (χ1v) is 5.80. The van der Waals surface area contributed by atoms with Crippen LogP contribution in [-0.4, -0.2) is 5.78 Å². The Bertz CT molecular complexity index is 289. The molecule has 1 aromatic carbocycles. The van der Waals surface area contributed by atoms with Crippen LogP contribution in [-0.2, 0) is 11.2 Å². The molecule has 1 aromatic rings. The lowest BCUT2D eigenvalue weighted by molar-refractivity contribution is -0.122. The minimum atomic E-state index is 0.235. The van der Waals surface area contributed by atoms with Crippen molar-refractivity contribution in [1.82, 2.24) is 0 Å². The summed E-state index contributed by atoms with van der Waals surface area (Å²) < 4.78 is 0. The number of benzene rings is 1. The van der Waals surface area contributed by atoms with E-state index in [9.17, 15) is 4.79 Å². The smallest absolute Gasteiger partial charge is 0.135 e. The minimum Gasteiger partial charge on any atom is -0.299 e. The Hall–Kier alpha value is -1.11. The average molecular weight is 204 g/mol. The zero-order valence-electron chi connectivity index (χ0n) is 9.70. The molecule has 0 heterocycles. The van der Waals surface area contributed by atoms with E-state index >= 15 is 0 Å². The van der Waals surface area contributed by atoms with Crippen molar-refractivity contribution < 1.29 is 4.79 Å². The molecule has 1 nitrogen and oxygen atoms in total. The molecule has 1 atom stereocenters. The van der Waals surface area contributed by atoms with Crippen LogP contribution in [0.5, 0.6) is 0 Å². The van der Waals surface area contributed by atoms with Gasteiger partial charge in [0.05, 0.1) is 0 Å². The molecule has 1 rings (SSSR count). The molecule has 0 saturated heterocycles. The highest BCUT2D eigenvalue weighted by molar-refractivity contribution is 5.80. The van der Waals surface area contributed by atoms with Crippen LogP contribution < -0.4 is 0 Å². The number of Topliss-reactive ketones (excluding diaryl/α,β-unsaturated/α-hetero) is 1. The van der Waals surface area contributed by atoms with Crippen LogP contribution >= 0.6 is 0 Å². The Morgan fingerprint density at radius 1 is 1.27 bits per heavy atom. The number of hydrogen-bond acceptors (Lipinski definition) is 1. The third-order valence-electron chi connectivity index (χ3n) is 2.84. The van der Waals surface area contributed by atoms with Gasteiger partial charge < -0.3 is 0 Å². The van der Waals surface area contributed by atoms with Crippen molar-refractivity contribution in [1.29, 1.82) is 0 Å². The molecule has 0 aromatic heterocycles. The number of aryl methyl sites for hydroxylation is 1. The lowest BCUT2D eigenvalue weighted by Gasteiger charge is -2.08. The summed E-state index contributed by atoms with van der Waals surface area (Å²) in [5, 5.41) is 0. The maximum absolute atomic E-state index is 11.4. The third kappa shape index (κ3) is 4.28. The van der Waals surface area contributed by atoms with Crippen molar-refractivity contribution in [3.8, 4) is 0 Å². The van der Waals surface area contributed by atoms with Gasteiger partial charge in [-0.2, -0.15) is 0 Å². The zero-order chi connectivity index (χ0) is 11.1. The average Bonchev–Trinajstić information content (AvgIpc) is 2.29. The molecule has 15 heavy (non-hydrogen) atoms. The highest BCUT2D eigenvalue weighted by Crippen LogP contribution is 2.12. The van der Waals surface area contributed by atoms with Crippen LogP contribution in [0.2, 0.25) is 0 Å². The van der Waals surface area contributed by atoms with E-state index in [1.807, 2.05) is 19.9 Å². The standard InChI is InChI=1S/C14H20O/c1-3-14(15)12(2)8-7-11-13-9-5-4-6-10-13/h4-6,9-10,12H,3,7-8,11H2,1-2H3. The minimum absolute atomic E-state index is 0.235. The van der Waals surface area contributed by atoms with Crippen molar-refractivity contribution in [2.24, 2.45) is 5.92 Å². The summed E-state index contributed by atoms with van der Waals surface area (Å²) in [6, 6.07) is 10.5. The van der Waals surface area contributed by atoms with Crippen molar-refractivity contribution in [3.63, 3.8) is 0 Å². The SMILES string of the molecule is CCC(=O)C(C)CCCc1ccccc1. The van der Waals surface area contributed by atoms with Gasteiger partial charge in [-0.3, -0.25) is 4.79 Å². The second-order valence-corrected chi connectivity index (χ2v) is 4.10. The van der Waals surface area contributed by atoms with Crippen LogP contribution in [0.3, 0.4) is 0 Å². The Morgan fingerprint density at radius 3 is 2.53 bits per heavy atom. The van der Waals surface area contributed by atoms with E-state index in [1.165, 1.54) is 5.56 Å². The van der Waals surface area contributed by atoms with Gasteiger partial charge in [0.2, 0.25) is 0 Å². The summed E-state index contributed by atoms with van der Waals surface area (Å²) >= 11 is 0. The van der Waals surface area contributed by atoms with E-state index in [0.717, 1.165) is 19.3 Å². The van der Waals surface area contributed by atoms with E-state index < -0.39 is 0 Å². The molecule has 0 aliphatic rings. The number of rotatable bonds is 6. The topological polar surface area (TPSA) is 17.1 Å². The van der Waals surface area contributed by atoms with Crippen molar-refractivity contribution in [3.05, 3.63) is 35.9 Å². The zero-order valence-corrected chi connectivity index (χ0v) is 9.70. The summed E-state index contributed by atoms with van der Waals surface area (Å²) in [5.41, 5.74) is 1.37. The number of carbonyl (C=O) groups excluding carboxylic acids is 1. The number of ketones is 1. The molecular weight excluding hydrogens is 184 g/mol. The van der Waals surface area contributed by atoms with Crippen molar-refractivity contribution in [2.45, 2.75) is 39.5 Å². The van der Waals surface area contributed by atoms with Crippen LogP contribution in [0.25, 0.3) is 0 Å². The predicted molar refractivity (Wildman–Crippen MR) is 63.8 cm³/mol. The monoisotopic (exact) mass is 204 g/mol. The summed E-state index contributed by atoms with van der Waals surface area (Å²) in [7, 11) is 0. The maximum atomic E-state index is 11.4. The largest absolute Gasteiger partial charge is 0.299 e. The Kier molecular flexibility index (Phi) is 5.09. The Morgan fingerprint density at radius 2 is 1.93 bits per heavy atom. The van der Waals surface area contributed by atoms with Gasteiger partial charge in [0.15, 0.2) is 0 Å². The normalized spacial score (nSPS) is 12.4. The molecular formula is C14H20O. The second kappa shape index (κ2) is 6.39. The summed E-state index contributed by atoms with van der Waals surface area (Å²) in [6.45, 7) is 3.98. The molecule has 0 spiro atoms. The molecule has 0 aliphatic heterocycles. The first kappa shape index (κ1) is 12.0. The van der Waals surface area contributed by atoms with Crippen molar-refractivity contribution in [2.75, 3.05) is 0 Å². The van der Waals surface area contributed by atoms with E-state index in [4.69, 9.17) is 0 Å². The molecule has 0 bridgehead atoms. The molecule has 1 heteroatoms.